The highest BCUT2D eigenvalue weighted by molar-refractivity contribution is 5.95. The topological polar surface area (TPSA) is 94.0 Å². The summed E-state index contributed by atoms with van der Waals surface area (Å²) in [5, 5.41) is 6.29. The van der Waals surface area contributed by atoms with Gasteiger partial charge in [-0.2, -0.15) is 4.98 Å². The molecule has 0 saturated carbocycles. The van der Waals surface area contributed by atoms with E-state index in [4.69, 9.17) is 5.73 Å². The van der Waals surface area contributed by atoms with Crippen LogP contribution >= 0.6 is 0 Å². The maximum Gasteiger partial charge on any atom is 0.251 e. The molecule has 6 heteroatoms. The van der Waals surface area contributed by atoms with E-state index in [1.165, 1.54) is 6.39 Å². The van der Waals surface area contributed by atoms with E-state index in [9.17, 15) is 4.79 Å². The molecule has 0 bridgehead atoms. The summed E-state index contributed by atoms with van der Waals surface area (Å²) in [4.78, 5) is 15.6. The van der Waals surface area contributed by atoms with Crippen LogP contribution in [0.3, 0.4) is 0 Å². The molecule has 88 valence electrons. The molecular formula is C11H12N4O2. The maximum atomic E-state index is 11.8. The summed E-state index contributed by atoms with van der Waals surface area (Å²) >= 11 is 0. The van der Waals surface area contributed by atoms with Crippen molar-refractivity contribution in [3.63, 3.8) is 0 Å². The zero-order valence-corrected chi connectivity index (χ0v) is 9.30. The molecule has 3 N–H and O–H groups in total. The second-order valence-corrected chi connectivity index (χ2v) is 3.60. The quantitative estimate of drug-likeness (QED) is 0.766. The van der Waals surface area contributed by atoms with Gasteiger partial charge in [-0.05, 0) is 30.7 Å². The van der Waals surface area contributed by atoms with Gasteiger partial charge in [0.25, 0.3) is 5.91 Å². The van der Waals surface area contributed by atoms with E-state index in [-0.39, 0.29) is 12.5 Å². The van der Waals surface area contributed by atoms with Crippen molar-refractivity contribution in [2.45, 2.75) is 13.5 Å². The van der Waals surface area contributed by atoms with Crippen molar-refractivity contribution in [1.29, 1.82) is 0 Å². The molecule has 0 spiro atoms. The fourth-order valence-corrected chi connectivity index (χ4v) is 1.47. The van der Waals surface area contributed by atoms with Crippen LogP contribution in [0.4, 0.5) is 5.69 Å². The van der Waals surface area contributed by atoms with Gasteiger partial charge in [0.05, 0.1) is 6.54 Å². The number of benzene rings is 1. The molecule has 0 saturated heterocycles. The van der Waals surface area contributed by atoms with Crippen molar-refractivity contribution in [2.24, 2.45) is 0 Å². The average Bonchev–Trinajstić information content (AvgIpc) is 2.78. The molecule has 0 aliphatic rings. The van der Waals surface area contributed by atoms with Gasteiger partial charge in [0.2, 0.25) is 6.39 Å². The summed E-state index contributed by atoms with van der Waals surface area (Å²) in [6, 6.07) is 5.13. The van der Waals surface area contributed by atoms with Gasteiger partial charge in [0, 0.05) is 11.3 Å². The molecule has 1 aromatic carbocycles. The first kappa shape index (κ1) is 11.1. The number of carbonyl (C=O) groups excluding carboxylic acids is 1. The van der Waals surface area contributed by atoms with E-state index in [0.29, 0.717) is 17.1 Å². The lowest BCUT2D eigenvalue weighted by Gasteiger charge is -2.06. The molecule has 0 unspecified atom stereocenters. The number of rotatable bonds is 3. The van der Waals surface area contributed by atoms with E-state index in [1.54, 1.807) is 18.2 Å². The number of aryl methyl sites for hydroxylation is 1. The molecule has 6 nitrogen and oxygen atoms in total. The highest BCUT2D eigenvalue weighted by Crippen LogP contribution is 2.12. The van der Waals surface area contributed by atoms with E-state index in [0.717, 1.165) is 5.56 Å². The van der Waals surface area contributed by atoms with Crippen molar-refractivity contribution in [3.8, 4) is 0 Å². The van der Waals surface area contributed by atoms with Gasteiger partial charge in [-0.15, -0.1) is 0 Å². The molecule has 17 heavy (non-hydrogen) atoms. The number of nitrogens with one attached hydrogen (secondary N) is 1. The number of aromatic nitrogens is 2. The molecule has 0 aliphatic heterocycles. The Bertz CT molecular complexity index is 522. The highest BCUT2D eigenvalue weighted by Gasteiger charge is 2.09. The largest absolute Gasteiger partial charge is 0.399 e. The van der Waals surface area contributed by atoms with Crippen LogP contribution in [0.25, 0.3) is 0 Å². The molecule has 2 rings (SSSR count). The lowest BCUT2D eigenvalue weighted by Crippen LogP contribution is -2.24. The SMILES string of the molecule is Cc1cc(N)ccc1C(=O)NCc1ncon1. The summed E-state index contributed by atoms with van der Waals surface area (Å²) in [6.45, 7) is 2.07. The average molecular weight is 232 g/mol. The first-order chi connectivity index (χ1) is 8.16. The van der Waals surface area contributed by atoms with Crippen molar-refractivity contribution < 1.29 is 9.32 Å². The number of hydrogen-bond acceptors (Lipinski definition) is 5. The first-order valence-corrected chi connectivity index (χ1v) is 5.06. The summed E-state index contributed by atoms with van der Waals surface area (Å²) in [6.07, 6.45) is 1.22. The van der Waals surface area contributed by atoms with E-state index in [1.807, 2.05) is 6.92 Å². The smallest absolute Gasteiger partial charge is 0.251 e. The number of nitrogens with two attached hydrogens (primary N) is 1. The third kappa shape index (κ3) is 2.60. The fraction of sp³-hybridized carbons (Fsp3) is 0.182. The van der Waals surface area contributed by atoms with Crippen molar-refractivity contribution in [3.05, 3.63) is 41.5 Å². The standard InChI is InChI=1S/C11H12N4O2/c1-7-4-8(12)2-3-9(7)11(16)13-5-10-14-6-17-15-10/h2-4,6H,5,12H2,1H3,(H,13,16). The van der Waals surface area contributed by atoms with Gasteiger partial charge in [-0.25, -0.2) is 0 Å². The summed E-state index contributed by atoms with van der Waals surface area (Å²) in [5.74, 6) is 0.249. The molecule has 0 aliphatic carbocycles. The van der Waals surface area contributed by atoms with Crippen LogP contribution < -0.4 is 11.1 Å². The summed E-state index contributed by atoms with van der Waals surface area (Å²) in [5.41, 5.74) is 7.67. The number of hydrogen-bond donors (Lipinski definition) is 2. The lowest BCUT2D eigenvalue weighted by atomic mass is 10.1. The third-order valence-corrected chi connectivity index (χ3v) is 2.31. The zero-order valence-electron chi connectivity index (χ0n) is 9.30. The summed E-state index contributed by atoms with van der Waals surface area (Å²) in [7, 11) is 0. The van der Waals surface area contributed by atoms with Gasteiger partial charge in [0.15, 0.2) is 5.82 Å². The Kier molecular flexibility index (Phi) is 3.04. The lowest BCUT2D eigenvalue weighted by molar-refractivity contribution is 0.0949. The second kappa shape index (κ2) is 4.65. The molecule has 1 amide bonds. The molecular weight excluding hydrogens is 220 g/mol. The van der Waals surface area contributed by atoms with E-state index >= 15 is 0 Å². The fourth-order valence-electron chi connectivity index (χ4n) is 1.47. The van der Waals surface area contributed by atoms with Gasteiger partial charge in [-0.1, -0.05) is 5.16 Å². The van der Waals surface area contributed by atoms with Crippen LogP contribution in [0, 0.1) is 6.92 Å². The van der Waals surface area contributed by atoms with E-state index in [2.05, 4.69) is 20.0 Å². The van der Waals surface area contributed by atoms with Crippen LogP contribution in [0.15, 0.2) is 29.1 Å². The Hall–Kier alpha value is -2.37. The monoisotopic (exact) mass is 232 g/mol. The minimum atomic E-state index is -0.188. The molecule has 0 atom stereocenters. The minimum Gasteiger partial charge on any atom is -0.399 e. The predicted octanol–water partition coefficient (Wildman–Crippen LogP) is 0.890. The van der Waals surface area contributed by atoms with Gasteiger partial charge >= 0.3 is 0 Å². The molecule has 0 fully saturated rings. The first-order valence-electron chi connectivity index (χ1n) is 5.06. The van der Waals surface area contributed by atoms with Crippen molar-refractivity contribution in [2.75, 3.05) is 5.73 Å². The number of nitrogen functional groups attached to an aromatic ring is 1. The van der Waals surface area contributed by atoms with Gasteiger partial charge < -0.3 is 15.6 Å². The normalized spacial score (nSPS) is 10.2. The minimum absolute atomic E-state index is 0.188. The van der Waals surface area contributed by atoms with Crippen molar-refractivity contribution in [1.82, 2.24) is 15.5 Å². The van der Waals surface area contributed by atoms with Crippen molar-refractivity contribution >= 4 is 11.6 Å². The molecule has 2 aromatic rings. The van der Waals surface area contributed by atoms with Gasteiger partial charge in [-0.3, -0.25) is 4.79 Å². The molecule has 0 radical (unpaired) electrons. The Morgan fingerprint density at radius 3 is 3.00 bits per heavy atom. The van der Waals surface area contributed by atoms with Crippen LogP contribution in [0.5, 0.6) is 0 Å². The Labute approximate surface area is 97.8 Å². The molecule has 1 heterocycles. The van der Waals surface area contributed by atoms with E-state index < -0.39 is 0 Å². The third-order valence-electron chi connectivity index (χ3n) is 2.31. The highest BCUT2D eigenvalue weighted by atomic mass is 16.5. The predicted molar refractivity (Wildman–Crippen MR) is 61.1 cm³/mol. The number of amides is 1. The van der Waals surface area contributed by atoms with Crippen LogP contribution in [0.2, 0.25) is 0 Å². The molecule has 1 aromatic heterocycles. The zero-order chi connectivity index (χ0) is 12.3. The van der Waals surface area contributed by atoms with Crippen LogP contribution in [0.1, 0.15) is 21.7 Å². The van der Waals surface area contributed by atoms with Crippen LogP contribution in [-0.2, 0) is 6.54 Å². The van der Waals surface area contributed by atoms with Gasteiger partial charge in [0.1, 0.15) is 0 Å². The Morgan fingerprint density at radius 1 is 1.53 bits per heavy atom. The Morgan fingerprint density at radius 2 is 2.35 bits per heavy atom. The number of nitrogens with zero attached hydrogens (tertiary/aromatic N) is 2. The number of carbonyl (C=O) groups is 1. The second-order valence-electron chi connectivity index (χ2n) is 3.60. The number of anilines is 1. The summed E-state index contributed by atoms with van der Waals surface area (Å²) < 4.78 is 4.56. The Balaban J connectivity index is 2.04. The van der Waals surface area contributed by atoms with Crippen LogP contribution in [-0.4, -0.2) is 16.0 Å². The maximum absolute atomic E-state index is 11.8.